The summed E-state index contributed by atoms with van der Waals surface area (Å²) < 4.78 is 0. The van der Waals surface area contributed by atoms with Gasteiger partial charge in [0.05, 0.1) is 11.7 Å². The highest BCUT2D eigenvalue weighted by atomic mass is 15.2. The number of rotatable bonds is 5. The van der Waals surface area contributed by atoms with E-state index < -0.39 is 0 Å². The van der Waals surface area contributed by atoms with Gasteiger partial charge in [-0.1, -0.05) is 36.8 Å². The molecule has 0 bridgehead atoms. The summed E-state index contributed by atoms with van der Waals surface area (Å²) >= 11 is 0. The molecule has 4 nitrogen and oxygen atoms in total. The summed E-state index contributed by atoms with van der Waals surface area (Å²) in [4.78, 5) is 2.67. The minimum Gasteiger partial charge on any atom is -0.401 e. The fourth-order valence-electron chi connectivity index (χ4n) is 5.01. The number of nitrogens with zero attached hydrogens (tertiary/aromatic N) is 1. The molecule has 0 radical (unpaired) electrons. The third kappa shape index (κ3) is 4.74. The molecular weight excluding hydrogens is 380 g/mol. The second-order valence-corrected chi connectivity index (χ2v) is 9.08. The number of fused-ring (bicyclic) bond motifs is 1. The Kier molecular flexibility index (Phi) is 6.86. The molecule has 2 heterocycles. The zero-order chi connectivity index (χ0) is 21.8. The summed E-state index contributed by atoms with van der Waals surface area (Å²) in [6.45, 7) is 9.32. The lowest BCUT2D eigenvalue weighted by molar-refractivity contribution is 0.141. The normalized spacial score (nSPS) is 24.7. The second kappa shape index (κ2) is 9.78. The number of allylic oxidation sites excluding steroid dienone is 4. The Morgan fingerprint density at radius 3 is 2.68 bits per heavy atom. The van der Waals surface area contributed by atoms with Gasteiger partial charge in [-0.2, -0.15) is 0 Å². The number of hydrogen-bond donors (Lipinski definition) is 3. The Labute approximate surface area is 188 Å². The van der Waals surface area contributed by atoms with Gasteiger partial charge in [0.1, 0.15) is 0 Å². The second-order valence-electron chi connectivity index (χ2n) is 9.08. The minimum absolute atomic E-state index is 0.248. The largest absolute Gasteiger partial charge is 0.401 e. The standard InChI is InChI=1S/C27H38N4/c1-4-7-22(5-2)30-26-12-15-29-27(19(3)28)24-11-10-21(18-25(24)26)20-13-16-31(17-14-20)23-8-6-9-23/h4-5,7,10-11,13,18,23,26,29-30H,6,8-9,12,14-17,28H2,1-3H3/b7-4-,22-5+,27-19-. The summed E-state index contributed by atoms with van der Waals surface area (Å²) in [5.74, 6) is 0. The van der Waals surface area contributed by atoms with Crippen LogP contribution in [0, 0.1) is 0 Å². The molecule has 1 aromatic carbocycles. The van der Waals surface area contributed by atoms with Gasteiger partial charge in [0, 0.05) is 42.6 Å². The van der Waals surface area contributed by atoms with Gasteiger partial charge >= 0.3 is 0 Å². The van der Waals surface area contributed by atoms with E-state index in [1.165, 1.54) is 48.1 Å². The maximum absolute atomic E-state index is 6.27. The zero-order valence-corrected chi connectivity index (χ0v) is 19.4. The highest BCUT2D eigenvalue weighted by Crippen LogP contribution is 2.35. The highest BCUT2D eigenvalue weighted by Gasteiger charge is 2.27. The van der Waals surface area contributed by atoms with Gasteiger partial charge in [-0.25, -0.2) is 0 Å². The van der Waals surface area contributed by atoms with Crippen LogP contribution in [0.15, 0.2) is 53.9 Å². The Bertz CT molecular complexity index is 913. The van der Waals surface area contributed by atoms with Gasteiger partial charge in [0.2, 0.25) is 0 Å². The molecule has 2 aliphatic heterocycles. The van der Waals surface area contributed by atoms with Crippen molar-refractivity contribution in [1.29, 1.82) is 0 Å². The van der Waals surface area contributed by atoms with Crippen LogP contribution in [0.1, 0.15) is 75.6 Å². The van der Waals surface area contributed by atoms with E-state index in [1.54, 1.807) is 0 Å². The van der Waals surface area contributed by atoms with Crippen LogP contribution in [-0.4, -0.2) is 30.6 Å². The van der Waals surface area contributed by atoms with Crippen molar-refractivity contribution in [1.82, 2.24) is 15.5 Å². The molecule has 3 aliphatic rings. The predicted octanol–water partition coefficient (Wildman–Crippen LogP) is 5.08. The number of nitrogens with one attached hydrogen (secondary N) is 2. The van der Waals surface area contributed by atoms with E-state index in [0.717, 1.165) is 49.1 Å². The molecule has 1 atom stereocenters. The zero-order valence-electron chi connectivity index (χ0n) is 19.4. The van der Waals surface area contributed by atoms with Crippen molar-refractivity contribution in [2.75, 3.05) is 19.6 Å². The fraction of sp³-hybridized carbons (Fsp3) is 0.481. The molecule has 0 spiro atoms. The van der Waals surface area contributed by atoms with E-state index in [1.807, 2.05) is 6.92 Å². The van der Waals surface area contributed by atoms with E-state index in [-0.39, 0.29) is 6.04 Å². The lowest BCUT2D eigenvalue weighted by Crippen LogP contribution is -2.42. The Morgan fingerprint density at radius 1 is 1.23 bits per heavy atom. The average Bonchev–Trinajstić information content (AvgIpc) is 2.92. The molecule has 0 saturated heterocycles. The van der Waals surface area contributed by atoms with E-state index in [0.29, 0.717) is 0 Å². The first-order chi connectivity index (χ1) is 15.1. The van der Waals surface area contributed by atoms with E-state index in [4.69, 9.17) is 5.73 Å². The SMILES string of the molecule is C/C=C\C(=C/C)NC1CCN/C(=C(/C)N)c2ccc(C3=CCN(C4CCC4)CC3)cc21. The van der Waals surface area contributed by atoms with Crippen molar-refractivity contribution in [3.8, 4) is 0 Å². The third-order valence-corrected chi connectivity index (χ3v) is 7.03. The van der Waals surface area contributed by atoms with Crippen LogP contribution >= 0.6 is 0 Å². The van der Waals surface area contributed by atoms with Gasteiger partial charge < -0.3 is 16.4 Å². The molecule has 1 aromatic rings. The monoisotopic (exact) mass is 418 g/mol. The highest BCUT2D eigenvalue weighted by molar-refractivity contribution is 5.74. The van der Waals surface area contributed by atoms with Gasteiger partial charge in [-0.05, 0) is 75.3 Å². The predicted molar refractivity (Wildman–Crippen MR) is 132 cm³/mol. The van der Waals surface area contributed by atoms with Gasteiger partial charge in [0.25, 0.3) is 0 Å². The summed E-state index contributed by atoms with van der Waals surface area (Å²) in [7, 11) is 0. The Hall–Kier alpha value is -2.46. The maximum Gasteiger partial charge on any atom is 0.0605 e. The fourth-order valence-corrected chi connectivity index (χ4v) is 5.01. The average molecular weight is 419 g/mol. The van der Waals surface area contributed by atoms with Crippen LogP contribution in [0.25, 0.3) is 11.3 Å². The Morgan fingerprint density at radius 2 is 2.06 bits per heavy atom. The summed E-state index contributed by atoms with van der Waals surface area (Å²) in [6.07, 6.45) is 15.2. The first kappa shape index (κ1) is 21.8. The minimum atomic E-state index is 0.248. The smallest absolute Gasteiger partial charge is 0.0605 e. The third-order valence-electron chi connectivity index (χ3n) is 7.03. The van der Waals surface area contributed by atoms with Gasteiger partial charge in [0.15, 0.2) is 0 Å². The molecule has 31 heavy (non-hydrogen) atoms. The number of nitrogens with two attached hydrogens (primary N) is 1. The quantitative estimate of drug-likeness (QED) is 0.584. The lowest BCUT2D eigenvalue weighted by Gasteiger charge is -2.39. The van der Waals surface area contributed by atoms with Crippen LogP contribution in [0.4, 0.5) is 0 Å². The summed E-state index contributed by atoms with van der Waals surface area (Å²) in [6, 6.07) is 8.05. The molecule has 0 aromatic heterocycles. The van der Waals surface area contributed by atoms with Crippen molar-refractivity contribution in [3.05, 3.63) is 70.6 Å². The van der Waals surface area contributed by atoms with E-state index in [2.05, 4.69) is 71.9 Å². The summed E-state index contributed by atoms with van der Waals surface area (Å²) in [5.41, 5.74) is 14.8. The number of hydrogen-bond acceptors (Lipinski definition) is 4. The topological polar surface area (TPSA) is 53.3 Å². The molecule has 1 saturated carbocycles. The van der Waals surface area contributed by atoms with Crippen molar-refractivity contribution >= 4 is 11.3 Å². The van der Waals surface area contributed by atoms with Gasteiger partial charge in [-0.3, -0.25) is 4.90 Å². The molecule has 166 valence electrons. The van der Waals surface area contributed by atoms with Crippen molar-refractivity contribution in [2.24, 2.45) is 5.73 Å². The van der Waals surface area contributed by atoms with Crippen LogP contribution < -0.4 is 16.4 Å². The Balaban J connectivity index is 1.66. The summed E-state index contributed by atoms with van der Waals surface area (Å²) in [5, 5.41) is 7.35. The molecule has 4 N–H and O–H groups in total. The molecule has 1 fully saturated rings. The van der Waals surface area contributed by atoms with Crippen molar-refractivity contribution in [2.45, 2.75) is 65.0 Å². The number of benzene rings is 1. The molecular formula is C27H38N4. The lowest BCUT2D eigenvalue weighted by atomic mass is 9.88. The van der Waals surface area contributed by atoms with Gasteiger partial charge in [-0.15, -0.1) is 0 Å². The first-order valence-corrected chi connectivity index (χ1v) is 11.9. The van der Waals surface area contributed by atoms with Crippen LogP contribution in [0.5, 0.6) is 0 Å². The van der Waals surface area contributed by atoms with Crippen LogP contribution in [-0.2, 0) is 0 Å². The van der Waals surface area contributed by atoms with Crippen LogP contribution in [0.3, 0.4) is 0 Å². The van der Waals surface area contributed by atoms with Crippen molar-refractivity contribution in [3.63, 3.8) is 0 Å². The molecule has 4 rings (SSSR count). The maximum atomic E-state index is 6.27. The molecule has 1 unspecified atom stereocenters. The van der Waals surface area contributed by atoms with Crippen molar-refractivity contribution < 1.29 is 0 Å². The van der Waals surface area contributed by atoms with E-state index in [9.17, 15) is 0 Å². The van der Waals surface area contributed by atoms with E-state index >= 15 is 0 Å². The van der Waals surface area contributed by atoms with Crippen LogP contribution in [0.2, 0.25) is 0 Å². The molecule has 1 aliphatic carbocycles. The molecule has 0 amide bonds. The first-order valence-electron chi connectivity index (χ1n) is 11.9. The molecule has 4 heteroatoms.